The molecule has 1 saturated heterocycles. The molecule has 1 aromatic carbocycles. The van der Waals surface area contributed by atoms with E-state index in [0.29, 0.717) is 13.1 Å². The minimum atomic E-state index is 0.00923. The third-order valence-electron chi connectivity index (χ3n) is 4.30. The first-order chi connectivity index (χ1) is 10.7. The maximum Gasteiger partial charge on any atom is 0.329 e. The topological polar surface area (TPSA) is 45.7 Å². The lowest BCUT2D eigenvalue weighted by Crippen LogP contribution is -2.32. The molecule has 0 N–H and O–H groups in total. The van der Waals surface area contributed by atoms with Crippen molar-refractivity contribution in [1.82, 2.24) is 4.98 Å². The fourth-order valence-electron chi connectivity index (χ4n) is 3.08. The molecule has 1 aromatic heterocycles. The molecule has 0 atom stereocenters. The number of amides is 2. The molecule has 4 rings (SSSR count). The van der Waals surface area contributed by atoms with Gasteiger partial charge in [0.1, 0.15) is 5.75 Å². The normalized spacial score (nSPS) is 16.9. The van der Waals surface area contributed by atoms with Gasteiger partial charge in [0.25, 0.3) is 0 Å². The van der Waals surface area contributed by atoms with Gasteiger partial charge in [-0.1, -0.05) is 0 Å². The average molecular weight is 295 g/mol. The Kier molecular flexibility index (Phi) is 2.99. The zero-order valence-corrected chi connectivity index (χ0v) is 12.5. The van der Waals surface area contributed by atoms with E-state index in [9.17, 15) is 4.79 Å². The molecule has 22 heavy (non-hydrogen) atoms. The molecule has 2 amide bonds. The van der Waals surface area contributed by atoms with E-state index in [1.54, 1.807) is 17.3 Å². The Morgan fingerprint density at radius 3 is 2.91 bits per heavy atom. The van der Waals surface area contributed by atoms with Crippen LogP contribution in [0.15, 0.2) is 36.7 Å². The number of rotatable bonds is 2. The molecule has 2 aliphatic heterocycles. The summed E-state index contributed by atoms with van der Waals surface area (Å²) < 4.78 is 5.53. The largest absolute Gasteiger partial charge is 0.493 e. The van der Waals surface area contributed by atoms with Crippen molar-refractivity contribution >= 4 is 17.4 Å². The predicted octanol–water partition coefficient (Wildman–Crippen LogP) is 2.77. The van der Waals surface area contributed by atoms with Crippen molar-refractivity contribution in [2.24, 2.45) is 0 Å². The molecule has 2 aliphatic rings. The van der Waals surface area contributed by atoms with Crippen molar-refractivity contribution in [3.63, 3.8) is 0 Å². The van der Waals surface area contributed by atoms with E-state index in [2.05, 4.69) is 11.1 Å². The van der Waals surface area contributed by atoms with Gasteiger partial charge in [-0.3, -0.25) is 14.8 Å². The van der Waals surface area contributed by atoms with Gasteiger partial charge in [0, 0.05) is 31.4 Å². The highest BCUT2D eigenvalue weighted by atomic mass is 16.5. The zero-order chi connectivity index (χ0) is 15.1. The highest BCUT2D eigenvalue weighted by molar-refractivity contribution is 6.06. The Balaban J connectivity index is 1.63. The van der Waals surface area contributed by atoms with Gasteiger partial charge in [0.2, 0.25) is 0 Å². The van der Waals surface area contributed by atoms with Crippen molar-refractivity contribution < 1.29 is 9.53 Å². The molecule has 0 bridgehead atoms. The van der Waals surface area contributed by atoms with Gasteiger partial charge in [-0.15, -0.1) is 0 Å². The maximum absolute atomic E-state index is 12.8. The van der Waals surface area contributed by atoms with Crippen molar-refractivity contribution in [2.75, 3.05) is 29.5 Å². The lowest BCUT2D eigenvalue weighted by Gasteiger charge is -2.20. The smallest absolute Gasteiger partial charge is 0.329 e. The average Bonchev–Trinajstić information content (AvgIpc) is 3.13. The number of anilines is 2. The van der Waals surface area contributed by atoms with Crippen LogP contribution in [0.5, 0.6) is 5.75 Å². The van der Waals surface area contributed by atoms with E-state index >= 15 is 0 Å². The summed E-state index contributed by atoms with van der Waals surface area (Å²) in [6.45, 7) is 4.10. The predicted molar refractivity (Wildman–Crippen MR) is 84.7 cm³/mol. The van der Waals surface area contributed by atoms with Gasteiger partial charge in [0.15, 0.2) is 0 Å². The number of fused-ring (bicyclic) bond motifs is 1. The molecular weight excluding hydrogens is 278 g/mol. The van der Waals surface area contributed by atoms with Crippen molar-refractivity contribution in [1.29, 1.82) is 0 Å². The molecule has 3 heterocycles. The second kappa shape index (κ2) is 5.02. The Morgan fingerprint density at radius 1 is 1.18 bits per heavy atom. The van der Waals surface area contributed by atoms with Crippen molar-refractivity contribution in [2.45, 2.75) is 13.3 Å². The van der Waals surface area contributed by atoms with Gasteiger partial charge in [-0.2, -0.15) is 0 Å². The van der Waals surface area contributed by atoms with Gasteiger partial charge in [-0.05, 0) is 42.3 Å². The molecule has 0 saturated carbocycles. The lowest BCUT2D eigenvalue weighted by atomic mass is 10.1. The summed E-state index contributed by atoms with van der Waals surface area (Å²) in [7, 11) is 0. The summed E-state index contributed by atoms with van der Waals surface area (Å²) in [5.74, 6) is 0.940. The number of nitrogens with zero attached hydrogens (tertiary/aromatic N) is 3. The maximum atomic E-state index is 12.8. The Bertz CT molecular complexity index is 744. The lowest BCUT2D eigenvalue weighted by molar-refractivity contribution is 0.256. The Morgan fingerprint density at radius 2 is 2.05 bits per heavy atom. The van der Waals surface area contributed by atoms with Gasteiger partial charge >= 0.3 is 6.03 Å². The van der Waals surface area contributed by atoms with Crippen LogP contribution in [0, 0.1) is 6.92 Å². The molecule has 2 aromatic rings. The summed E-state index contributed by atoms with van der Waals surface area (Å²) >= 11 is 0. The van der Waals surface area contributed by atoms with Crippen LogP contribution in [-0.4, -0.2) is 30.7 Å². The number of carbonyl (C=O) groups excluding carboxylic acids is 1. The number of carbonyl (C=O) groups is 1. The van der Waals surface area contributed by atoms with E-state index in [1.165, 1.54) is 5.56 Å². The first-order valence-electron chi connectivity index (χ1n) is 7.49. The second-order valence-electron chi connectivity index (χ2n) is 5.64. The molecular formula is C17H17N3O2. The number of aromatic nitrogens is 1. The number of aryl methyl sites for hydroxylation is 1. The number of hydrogen-bond acceptors (Lipinski definition) is 3. The quantitative estimate of drug-likeness (QED) is 0.856. The van der Waals surface area contributed by atoms with Crippen LogP contribution in [0.25, 0.3) is 0 Å². The van der Waals surface area contributed by atoms with Crippen LogP contribution in [0.2, 0.25) is 0 Å². The zero-order valence-electron chi connectivity index (χ0n) is 12.5. The van der Waals surface area contributed by atoms with E-state index in [-0.39, 0.29) is 6.03 Å². The van der Waals surface area contributed by atoms with Gasteiger partial charge in [-0.25, -0.2) is 4.79 Å². The van der Waals surface area contributed by atoms with Crippen molar-refractivity contribution in [3.8, 4) is 5.75 Å². The van der Waals surface area contributed by atoms with Gasteiger partial charge in [0.05, 0.1) is 18.5 Å². The summed E-state index contributed by atoms with van der Waals surface area (Å²) in [4.78, 5) is 20.5. The second-order valence-corrected chi connectivity index (χ2v) is 5.64. The van der Waals surface area contributed by atoms with Gasteiger partial charge < -0.3 is 4.74 Å². The van der Waals surface area contributed by atoms with Crippen LogP contribution in [-0.2, 0) is 6.42 Å². The third-order valence-corrected chi connectivity index (χ3v) is 4.30. The summed E-state index contributed by atoms with van der Waals surface area (Å²) in [5.41, 5.74) is 4.08. The van der Waals surface area contributed by atoms with Crippen LogP contribution < -0.4 is 14.5 Å². The molecule has 0 unspecified atom stereocenters. The minimum Gasteiger partial charge on any atom is -0.493 e. The van der Waals surface area contributed by atoms with E-state index in [0.717, 1.165) is 35.7 Å². The molecule has 0 aliphatic carbocycles. The minimum absolute atomic E-state index is 0.00923. The number of ether oxygens (including phenoxy) is 1. The van der Waals surface area contributed by atoms with Crippen LogP contribution in [0.4, 0.5) is 16.2 Å². The molecule has 5 nitrogen and oxygen atoms in total. The number of benzene rings is 1. The molecule has 5 heteroatoms. The number of hydrogen-bond donors (Lipinski definition) is 0. The molecule has 0 radical (unpaired) electrons. The van der Waals surface area contributed by atoms with E-state index in [1.807, 2.05) is 30.0 Å². The Hall–Kier alpha value is -2.56. The fraction of sp³-hybridized carbons (Fsp3) is 0.294. The van der Waals surface area contributed by atoms with Crippen LogP contribution in [0.3, 0.4) is 0 Å². The molecule has 112 valence electrons. The number of pyridine rings is 1. The van der Waals surface area contributed by atoms with Crippen LogP contribution in [0.1, 0.15) is 11.1 Å². The highest BCUT2D eigenvalue weighted by Gasteiger charge is 2.32. The first-order valence-corrected chi connectivity index (χ1v) is 7.49. The summed E-state index contributed by atoms with van der Waals surface area (Å²) in [6.07, 6.45) is 4.42. The monoisotopic (exact) mass is 295 g/mol. The summed E-state index contributed by atoms with van der Waals surface area (Å²) in [5, 5.41) is 0. The van der Waals surface area contributed by atoms with E-state index < -0.39 is 0 Å². The van der Waals surface area contributed by atoms with Crippen LogP contribution >= 0.6 is 0 Å². The summed E-state index contributed by atoms with van der Waals surface area (Å²) in [6, 6.07) is 7.93. The van der Waals surface area contributed by atoms with E-state index in [4.69, 9.17) is 4.74 Å². The fourth-order valence-corrected chi connectivity index (χ4v) is 3.08. The SMILES string of the molecule is Cc1ccncc1N1CCN(c2ccc3c(c2)CCO3)C1=O. The van der Waals surface area contributed by atoms with Crippen molar-refractivity contribution in [3.05, 3.63) is 47.8 Å². The Labute approximate surface area is 129 Å². The molecule has 1 fully saturated rings. The third kappa shape index (κ3) is 2.01. The first kappa shape index (κ1) is 13.1. The standard InChI is InChI=1S/C17H17N3O2/c1-12-4-6-18-11-15(12)20-8-7-19(17(20)21)14-2-3-16-13(10-14)5-9-22-16/h2-4,6,10-11H,5,7-9H2,1H3. The highest BCUT2D eigenvalue weighted by Crippen LogP contribution is 2.32. The number of urea groups is 1. The molecule has 0 spiro atoms.